The van der Waals surface area contributed by atoms with E-state index in [1.54, 1.807) is 29.2 Å². The second-order valence-corrected chi connectivity index (χ2v) is 3.57. The van der Waals surface area contributed by atoms with Crippen LogP contribution in [0.2, 0.25) is 0 Å². The predicted molar refractivity (Wildman–Crippen MR) is 63.0 cm³/mol. The molecular formula is C13H16N2O. The molecule has 0 atom stereocenters. The van der Waals surface area contributed by atoms with Gasteiger partial charge in [-0.05, 0) is 37.6 Å². The van der Waals surface area contributed by atoms with Crippen molar-refractivity contribution in [1.29, 1.82) is 5.26 Å². The second-order valence-electron chi connectivity index (χ2n) is 3.57. The van der Waals surface area contributed by atoms with Crippen molar-refractivity contribution in [3.05, 3.63) is 35.4 Å². The molecule has 0 aromatic heterocycles. The lowest BCUT2D eigenvalue weighted by molar-refractivity contribution is 0.0764. The van der Waals surface area contributed by atoms with E-state index in [9.17, 15) is 4.79 Å². The summed E-state index contributed by atoms with van der Waals surface area (Å²) in [5.41, 5.74) is 1.23. The van der Waals surface area contributed by atoms with Crippen molar-refractivity contribution in [2.75, 3.05) is 13.1 Å². The molecule has 0 N–H and O–H groups in total. The lowest BCUT2D eigenvalue weighted by Crippen LogP contribution is -2.31. The van der Waals surface area contributed by atoms with Crippen molar-refractivity contribution in [2.24, 2.45) is 0 Å². The molecule has 0 saturated heterocycles. The summed E-state index contributed by atoms with van der Waals surface area (Å²) >= 11 is 0. The van der Waals surface area contributed by atoms with E-state index in [1.807, 2.05) is 13.0 Å². The van der Waals surface area contributed by atoms with Gasteiger partial charge in [-0.15, -0.1) is 0 Å². The molecule has 0 fully saturated rings. The summed E-state index contributed by atoms with van der Waals surface area (Å²) in [5.74, 6) is 0.0360. The van der Waals surface area contributed by atoms with Gasteiger partial charge < -0.3 is 4.90 Å². The number of nitriles is 1. The highest BCUT2D eigenvalue weighted by Crippen LogP contribution is 2.07. The maximum atomic E-state index is 12.0. The quantitative estimate of drug-likeness (QED) is 0.775. The van der Waals surface area contributed by atoms with E-state index < -0.39 is 0 Å². The predicted octanol–water partition coefficient (Wildman–Crippen LogP) is 2.43. The third-order valence-corrected chi connectivity index (χ3v) is 2.42. The highest BCUT2D eigenvalue weighted by atomic mass is 16.2. The first-order valence-corrected chi connectivity index (χ1v) is 5.52. The van der Waals surface area contributed by atoms with Gasteiger partial charge in [0.25, 0.3) is 5.91 Å². The topological polar surface area (TPSA) is 44.1 Å². The maximum Gasteiger partial charge on any atom is 0.253 e. The Morgan fingerprint density at radius 1 is 1.31 bits per heavy atom. The number of nitrogens with zero attached hydrogens (tertiary/aromatic N) is 2. The molecule has 16 heavy (non-hydrogen) atoms. The molecule has 1 aromatic rings. The Morgan fingerprint density at radius 3 is 2.38 bits per heavy atom. The van der Waals surface area contributed by atoms with Crippen molar-refractivity contribution in [3.63, 3.8) is 0 Å². The number of carbonyl (C=O) groups is 1. The molecule has 0 aliphatic rings. The Balaban J connectivity index is 2.83. The minimum absolute atomic E-state index is 0.0360. The SMILES string of the molecule is CCCN(CC)C(=O)c1ccc(C#N)cc1. The van der Waals surface area contributed by atoms with Crippen LogP contribution in [-0.4, -0.2) is 23.9 Å². The van der Waals surface area contributed by atoms with Crippen molar-refractivity contribution in [1.82, 2.24) is 4.90 Å². The zero-order valence-electron chi connectivity index (χ0n) is 9.73. The largest absolute Gasteiger partial charge is 0.339 e. The zero-order chi connectivity index (χ0) is 12.0. The molecule has 3 heteroatoms. The minimum Gasteiger partial charge on any atom is -0.339 e. The minimum atomic E-state index is 0.0360. The molecule has 0 aliphatic heterocycles. The van der Waals surface area contributed by atoms with Crippen molar-refractivity contribution in [2.45, 2.75) is 20.3 Å². The molecule has 84 valence electrons. The molecule has 0 radical (unpaired) electrons. The van der Waals surface area contributed by atoms with Crippen LogP contribution in [0.15, 0.2) is 24.3 Å². The second kappa shape index (κ2) is 5.92. The number of amides is 1. The van der Waals surface area contributed by atoms with E-state index in [1.165, 1.54) is 0 Å². The summed E-state index contributed by atoms with van der Waals surface area (Å²) in [6, 6.07) is 8.80. The molecule has 0 unspecified atom stereocenters. The third-order valence-electron chi connectivity index (χ3n) is 2.42. The normalized spacial score (nSPS) is 9.56. The summed E-state index contributed by atoms with van der Waals surface area (Å²) in [7, 11) is 0. The maximum absolute atomic E-state index is 12.0. The fourth-order valence-corrected chi connectivity index (χ4v) is 1.54. The van der Waals surface area contributed by atoms with Gasteiger partial charge in [-0.3, -0.25) is 4.79 Å². The Hall–Kier alpha value is -1.82. The molecule has 0 heterocycles. The summed E-state index contributed by atoms with van der Waals surface area (Å²) in [6.07, 6.45) is 0.954. The Labute approximate surface area is 96.3 Å². The number of carbonyl (C=O) groups excluding carboxylic acids is 1. The smallest absolute Gasteiger partial charge is 0.253 e. The van der Waals surface area contributed by atoms with Gasteiger partial charge >= 0.3 is 0 Å². The first kappa shape index (κ1) is 12.3. The molecule has 1 amide bonds. The van der Waals surface area contributed by atoms with Crippen LogP contribution in [0, 0.1) is 11.3 Å². The van der Waals surface area contributed by atoms with Gasteiger partial charge in [-0.25, -0.2) is 0 Å². The molecule has 0 saturated carbocycles. The van der Waals surface area contributed by atoms with Crippen LogP contribution in [0.5, 0.6) is 0 Å². The van der Waals surface area contributed by atoms with Crippen molar-refractivity contribution in [3.8, 4) is 6.07 Å². The average Bonchev–Trinajstić information content (AvgIpc) is 2.35. The Bertz CT molecular complexity index is 389. The molecular weight excluding hydrogens is 200 g/mol. The third kappa shape index (κ3) is 2.83. The molecule has 0 spiro atoms. The number of rotatable bonds is 4. The number of benzene rings is 1. The molecule has 3 nitrogen and oxygen atoms in total. The van der Waals surface area contributed by atoms with E-state index in [2.05, 4.69) is 6.92 Å². The van der Waals surface area contributed by atoms with Crippen LogP contribution in [0.25, 0.3) is 0 Å². The Kier molecular flexibility index (Phi) is 4.53. The van der Waals surface area contributed by atoms with E-state index in [-0.39, 0.29) is 5.91 Å². The van der Waals surface area contributed by atoms with Gasteiger partial charge in [-0.1, -0.05) is 6.92 Å². The van der Waals surface area contributed by atoms with Gasteiger partial charge in [0.15, 0.2) is 0 Å². The summed E-state index contributed by atoms with van der Waals surface area (Å²) in [6.45, 7) is 5.51. The molecule has 1 rings (SSSR count). The average molecular weight is 216 g/mol. The summed E-state index contributed by atoms with van der Waals surface area (Å²) in [5, 5.41) is 8.66. The zero-order valence-corrected chi connectivity index (χ0v) is 9.73. The first-order chi connectivity index (χ1) is 7.72. The van der Waals surface area contributed by atoms with E-state index in [0.717, 1.165) is 13.0 Å². The van der Waals surface area contributed by atoms with Crippen LogP contribution in [0.4, 0.5) is 0 Å². The fourth-order valence-electron chi connectivity index (χ4n) is 1.54. The first-order valence-electron chi connectivity index (χ1n) is 5.52. The van der Waals surface area contributed by atoms with Crippen LogP contribution < -0.4 is 0 Å². The van der Waals surface area contributed by atoms with Crippen LogP contribution in [-0.2, 0) is 0 Å². The summed E-state index contributed by atoms with van der Waals surface area (Å²) in [4.78, 5) is 13.8. The fraction of sp³-hybridized carbons (Fsp3) is 0.385. The lowest BCUT2D eigenvalue weighted by Gasteiger charge is -2.19. The molecule has 0 aliphatic carbocycles. The van der Waals surface area contributed by atoms with E-state index in [4.69, 9.17) is 5.26 Å². The number of hydrogen-bond acceptors (Lipinski definition) is 2. The molecule has 0 bridgehead atoms. The van der Waals surface area contributed by atoms with Crippen LogP contribution in [0.1, 0.15) is 36.2 Å². The van der Waals surface area contributed by atoms with Gasteiger partial charge in [0.2, 0.25) is 0 Å². The van der Waals surface area contributed by atoms with Crippen LogP contribution in [0.3, 0.4) is 0 Å². The summed E-state index contributed by atoms with van der Waals surface area (Å²) < 4.78 is 0. The van der Waals surface area contributed by atoms with Crippen molar-refractivity contribution >= 4 is 5.91 Å². The Morgan fingerprint density at radius 2 is 1.94 bits per heavy atom. The van der Waals surface area contributed by atoms with Crippen molar-refractivity contribution < 1.29 is 4.79 Å². The van der Waals surface area contributed by atoms with Gasteiger partial charge in [-0.2, -0.15) is 5.26 Å². The van der Waals surface area contributed by atoms with E-state index in [0.29, 0.717) is 17.7 Å². The highest BCUT2D eigenvalue weighted by Gasteiger charge is 2.12. The number of hydrogen-bond donors (Lipinski definition) is 0. The van der Waals surface area contributed by atoms with E-state index >= 15 is 0 Å². The van der Waals surface area contributed by atoms with Crippen LogP contribution >= 0.6 is 0 Å². The monoisotopic (exact) mass is 216 g/mol. The van der Waals surface area contributed by atoms with Gasteiger partial charge in [0, 0.05) is 18.7 Å². The highest BCUT2D eigenvalue weighted by molar-refractivity contribution is 5.94. The van der Waals surface area contributed by atoms with Gasteiger partial charge in [0.05, 0.1) is 11.6 Å². The molecule has 1 aromatic carbocycles. The lowest BCUT2D eigenvalue weighted by atomic mass is 10.1. The standard InChI is InChI=1S/C13H16N2O/c1-3-9-15(4-2)13(16)12-7-5-11(10-14)6-8-12/h5-8H,3-4,9H2,1-2H3. The van der Waals surface area contributed by atoms with Gasteiger partial charge in [0.1, 0.15) is 0 Å².